The Morgan fingerprint density at radius 1 is 1.26 bits per heavy atom. The van der Waals surface area contributed by atoms with Crippen LogP contribution in [-0.4, -0.2) is 40.1 Å². The third-order valence-corrected chi connectivity index (χ3v) is 5.85. The van der Waals surface area contributed by atoms with Crippen molar-refractivity contribution in [2.45, 2.75) is 5.25 Å². The zero-order valence-electron chi connectivity index (χ0n) is 15.2. The van der Waals surface area contributed by atoms with E-state index >= 15 is 0 Å². The normalized spacial score (nSPS) is 16.1. The zero-order chi connectivity index (χ0) is 18.8. The van der Waals surface area contributed by atoms with Crippen LogP contribution in [0, 0.1) is 0 Å². The van der Waals surface area contributed by atoms with Gasteiger partial charge in [-0.1, -0.05) is 18.2 Å². The largest absolute Gasteiger partial charge is 0.465 e. The lowest BCUT2D eigenvalue weighted by Crippen LogP contribution is -2.06. The van der Waals surface area contributed by atoms with Gasteiger partial charge in [-0.2, -0.15) is 5.10 Å². The number of aryl methyl sites for hydroxylation is 1. The van der Waals surface area contributed by atoms with Crippen LogP contribution in [0.3, 0.4) is 0 Å². The lowest BCUT2D eigenvalue weighted by Gasteiger charge is -2.16. The second-order valence-electron chi connectivity index (χ2n) is 6.24. The second-order valence-corrected chi connectivity index (χ2v) is 7.45. The first-order chi connectivity index (χ1) is 13.2. The van der Waals surface area contributed by atoms with Crippen molar-refractivity contribution in [1.29, 1.82) is 0 Å². The van der Waals surface area contributed by atoms with E-state index in [1.165, 1.54) is 7.11 Å². The monoisotopic (exact) mass is 380 g/mol. The molecule has 1 aliphatic rings. The van der Waals surface area contributed by atoms with Crippen molar-refractivity contribution < 1.29 is 9.53 Å². The minimum Gasteiger partial charge on any atom is -0.465 e. The number of thioether (sulfide) groups is 1. The standard InChI is InChI=1S/C20H20N4O2S/c1-24-19-16(17(23-24)15-5-3-4-10-21-15)18(27-12-11-22-19)13-6-8-14(9-7-13)20(25)26-2/h3-10,18,22H,11-12H2,1-2H3. The fourth-order valence-corrected chi connectivity index (χ4v) is 4.49. The highest BCUT2D eigenvalue weighted by Gasteiger charge is 2.29. The summed E-state index contributed by atoms with van der Waals surface area (Å²) in [5.74, 6) is 1.66. The van der Waals surface area contributed by atoms with Crippen LogP contribution in [-0.2, 0) is 11.8 Å². The molecular weight excluding hydrogens is 360 g/mol. The van der Waals surface area contributed by atoms with Crippen molar-refractivity contribution in [3.63, 3.8) is 0 Å². The molecule has 1 unspecified atom stereocenters. The summed E-state index contributed by atoms with van der Waals surface area (Å²) in [5, 5.41) is 8.35. The minimum absolute atomic E-state index is 0.104. The van der Waals surface area contributed by atoms with Crippen LogP contribution in [0.15, 0.2) is 48.7 Å². The molecular formula is C20H20N4O2S. The van der Waals surface area contributed by atoms with E-state index in [0.29, 0.717) is 5.56 Å². The molecule has 0 fully saturated rings. The molecule has 2 aromatic heterocycles. The SMILES string of the molecule is COC(=O)c1ccc(C2SCCNc3c2c(-c2ccccn2)nn3C)cc1. The van der Waals surface area contributed by atoms with Crippen molar-refractivity contribution in [2.24, 2.45) is 7.05 Å². The summed E-state index contributed by atoms with van der Waals surface area (Å²) in [6, 6.07) is 13.5. The lowest BCUT2D eigenvalue weighted by molar-refractivity contribution is 0.0600. The number of carbonyl (C=O) groups excluding carboxylic acids is 1. The van der Waals surface area contributed by atoms with Crippen LogP contribution >= 0.6 is 11.8 Å². The first kappa shape index (κ1) is 17.6. The Bertz CT molecular complexity index is 954. The molecule has 1 atom stereocenters. The van der Waals surface area contributed by atoms with Crippen LogP contribution < -0.4 is 5.32 Å². The van der Waals surface area contributed by atoms with E-state index < -0.39 is 0 Å². The zero-order valence-corrected chi connectivity index (χ0v) is 16.0. The number of ether oxygens (including phenoxy) is 1. The van der Waals surface area contributed by atoms with Crippen molar-refractivity contribution >= 4 is 23.5 Å². The molecule has 3 heterocycles. The van der Waals surface area contributed by atoms with Gasteiger partial charge in [-0.25, -0.2) is 4.79 Å². The molecule has 3 aromatic rings. The summed E-state index contributed by atoms with van der Waals surface area (Å²) in [6.07, 6.45) is 1.79. The van der Waals surface area contributed by atoms with E-state index in [-0.39, 0.29) is 11.2 Å². The minimum atomic E-state index is -0.326. The topological polar surface area (TPSA) is 69.0 Å². The molecule has 0 radical (unpaired) electrons. The van der Waals surface area contributed by atoms with Gasteiger partial charge in [0.1, 0.15) is 11.5 Å². The molecule has 1 aliphatic heterocycles. The maximum atomic E-state index is 11.7. The number of pyridine rings is 1. The van der Waals surface area contributed by atoms with Crippen LogP contribution in [0.4, 0.5) is 5.82 Å². The smallest absolute Gasteiger partial charge is 0.337 e. The molecule has 0 bridgehead atoms. The number of anilines is 1. The van der Waals surface area contributed by atoms with E-state index in [1.807, 2.05) is 66.0 Å². The molecule has 1 N–H and O–H groups in total. The predicted molar refractivity (Wildman–Crippen MR) is 107 cm³/mol. The highest BCUT2D eigenvalue weighted by Crippen LogP contribution is 2.45. The van der Waals surface area contributed by atoms with E-state index in [4.69, 9.17) is 9.84 Å². The number of methoxy groups -OCH3 is 1. The van der Waals surface area contributed by atoms with Gasteiger partial charge in [0.15, 0.2) is 0 Å². The molecule has 0 saturated carbocycles. The number of carbonyl (C=O) groups is 1. The number of hydrogen-bond donors (Lipinski definition) is 1. The highest BCUT2D eigenvalue weighted by atomic mass is 32.2. The molecule has 6 nitrogen and oxygen atoms in total. The van der Waals surface area contributed by atoms with E-state index in [2.05, 4.69) is 10.3 Å². The molecule has 138 valence electrons. The fraction of sp³-hybridized carbons (Fsp3) is 0.250. The summed E-state index contributed by atoms with van der Waals surface area (Å²) in [7, 11) is 3.34. The van der Waals surface area contributed by atoms with Gasteiger partial charge in [-0.3, -0.25) is 9.67 Å². The Kier molecular flexibility index (Phi) is 4.85. The van der Waals surface area contributed by atoms with Gasteiger partial charge in [0, 0.05) is 31.1 Å². The fourth-order valence-electron chi connectivity index (χ4n) is 3.29. The number of aromatic nitrogens is 3. The third kappa shape index (κ3) is 3.30. The number of fused-ring (bicyclic) bond motifs is 1. The van der Waals surface area contributed by atoms with Crippen molar-refractivity contribution in [1.82, 2.24) is 14.8 Å². The van der Waals surface area contributed by atoms with Gasteiger partial charge in [0.2, 0.25) is 0 Å². The Hall–Kier alpha value is -2.80. The molecule has 1 aromatic carbocycles. The molecule has 0 amide bonds. The molecule has 0 aliphatic carbocycles. The van der Waals surface area contributed by atoms with Crippen molar-refractivity contribution in [3.05, 3.63) is 65.4 Å². The van der Waals surface area contributed by atoms with E-state index in [0.717, 1.165) is 40.6 Å². The number of benzene rings is 1. The first-order valence-electron chi connectivity index (χ1n) is 8.71. The van der Waals surface area contributed by atoms with Crippen LogP contribution in [0.5, 0.6) is 0 Å². The lowest BCUT2D eigenvalue weighted by atomic mass is 10.0. The summed E-state index contributed by atoms with van der Waals surface area (Å²) in [6.45, 7) is 0.871. The Labute approximate surface area is 162 Å². The second kappa shape index (κ2) is 7.44. The molecule has 0 saturated heterocycles. The summed E-state index contributed by atoms with van der Waals surface area (Å²) < 4.78 is 6.69. The summed E-state index contributed by atoms with van der Waals surface area (Å²) in [4.78, 5) is 16.2. The van der Waals surface area contributed by atoms with Crippen molar-refractivity contribution in [3.8, 4) is 11.4 Å². The Morgan fingerprint density at radius 3 is 2.78 bits per heavy atom. The van der Waals surface area contributed by atoms with Crippen LogP contribution in [0.25, 0.3) is 11.4 Å². The number of nitrogens with zero attached hydrogens (tertiary/aromatic N) is 3. The number of esters is 1. The Balaban J connectivity index is 1.81. The predicted octanol–water partition coefficient (Wildman–Crippen LogP) is 3.52. The van der Waals surface area contributed by atoms with Gasteiger partial charge < -0.3 is 10.1 Å². The number of nitrogens with one attached hydrogen (secondary N) is 1. The van der Waals surface area contributed by atoms with Crippen LogP contribution in [0.1, 0.15) is 26.7 Å². The highest BCUT2D eigenvalue weighted by molar-refractivity contribution is 7.99. The molecule has 7 heteroatoms. The van der Waals surface area contributed by atoms with Gasteiger partial charge in [0.05, 0.1) is 23.6 Å². The average Bonchev–Trinajstić information content (AvgIpc) is 2.90. The van der Waals surface area contributed by atoms with E-state index in [9.17, 15) is 4.79 Å². The summed E-state index contributed by atoms with van der Waals surface area (Å²) in [5.41, 5.74) is 4.55. The quantitative estimate of drug-likeness (QED) is 0.701. The van der Waals surface area contributed by atoms with Gasteiger partial charge in [-0.05, 0) is 29.8 Å². The molecule has 0 spiro atoms. The average molecular weight is 380 g/mol. The van der Waals surface area contributed by atoms with Crippen molar-refractivity contribution in [2.75, 3.05) is 24.7 Å². The first-order valence-corrected chi connectivity index (χ1v) is 9.76. The third-order valence-electron chi connectivity index (χ3n) is 4.57. The maximum Gasteiger partial charge on any atom is 0.337 e. The number of hydrogen-bond acceptors (Lipinski definition) is 6. The van der Waals surface area contributed by atoms with Crippen LogP contribution in [0.2, 0.25) is 0 Å². The maximum absolute atomic E-state index is 11.7. The van der Waals surface area contributed by atoms with E-state index in [1.54, 1.807) is 6.20 Å². The summed E-state index contributed by atoms with van der Waals surface area (Å²) >= 11 is 1.86. The van der Waals surface area contributed by atoms with Gasteiger partial charge in [-0.15, -0.1) is 11.8 Å². The number of rotatable bonds is 3. The van der Waals surface area contributed by atoms with Gasteiger partial charge >= 0.3 is 5.97 Å². The Morgan fingerprint density at radius 2 is 2.07 bits per heavy atom. The molecule has 4 rings (SSSR count). The molecule has 27 heavy (non-hydrogen) atoms. The van der Waals surface area contributed by atoms with Gasteiger partial charge in [0.25, 0.3) is 0 Å².